The minimum absolute atomic E-state index is 0.0422. The first kappa shape index (κ1) is 24.5. The van der Waals surface area contributed by atoms with Crippen molar-refractivity contribution in [2.45, 2.75) is 77.6 Å². The molecule has 0 aliphatic heterocycles. The smallest absolute Gasteiger partial charge is 0.324 e. The van der Waals surface area contributed by atoms with Gasteiger partial charge in [-0.2, -0.15) is 0 Å². The number of hydrogen-bond acceptors (Lipinski definition) is 2. The van der Waals surface area contributed by atoms with E-state index < -0.39 is 23.7 Å². The number of rotatable bonds is 12. The molecule has 0 bridgehead atoms. The van der Waals surface area contributed by atoms with Gasteiger partial charge in [-0.15, -0.1) is 0 Å². The van der Waals surface area contributed by atoms with Crippen LogP contribution in [-0.4, -0.2) is 23.5 Å². The predicted molar refractivity (Wildman–Crippen MR) is 106 cm³/mol. The van der Waals surface area contributed by atoms with Crippen LogP contribution in [0, 0.1) is 0 Å². The minimum Gasteiger partial charge on any atom is -0.324 e. The molecule has 0 heterocycles. The van der Waals surface area contributed by atoms with Crippen LogP contribution >= 0.6 is 7.60 Å². The van der Waals surface area contributed by atoms with E-state index in [1.165, 1.54) is 16.7 Å². The molecule has 0 fully saturated rings. The Labute approximate surface area is 154 Å². The Morgan fingerprint density at radius 3 is 1.88 bits per heavy atom. The van der Waals surface area contributed by atoms with Gasteiger partial charge in [-0.1, -0.05) is 34.9 Å². The first-order valence-electron chi connectivity index (χ1n) is 8.63. The summed E-state index contributed by atoms with van der Waals surface area (Å²) in [5.74, 6) is 0. The summed E-state index contributed by atoms with van der Waals surface area (Å²) in [6.07, 6.45) is 11.8. The molecule has 0 saturated carbocycles. The van der Waals surface area contributed by atoms with Crippen molar-refractivity contribution in [1.82, 2.24) is 0 Å². The topological polar surface area (TPSA) is 94.8 Å². The van der Waals surface area contributed by atoms with E-state index in [1.807, 2.05) is 13.0 Å². The van der Waals surface area contributed by atoms with Gasteiger partial charge in [0.05, 0.1) is 0 Å². The van der Waals surface area contributed by atoms with Gasteiger partial charge in [0, 0.05) is 0 Å². The van der Waals surface area contributed by atoms with Crippen LogP contribution in [-0.2, 0) is 15.6 Å². The monoisotopic (exact) mass is 392 g/mol. The lowest BCUT2D eigenvalue weighted by atomic mass is 10.1. The highest BCUT2D eigenvalue weighted by molar-refractivity contribution is 7.88. The molecule has 0 aromatic rings. The molecular formula is C18H33O5PS. The van der Waals surface area contributed by atoms with E-state index in [-0.39, 0.29) is 6.42 Å². The van der Waals surface area contributed by atoms with E-state index >= 15 is 0 Å². The standard InChI is InChI=1S/C18H33O5PS/c1-15(2)9-7-11-17(4)13-8-12-16(3)10-5-6-14-18(25(22)23)24(19,20)21/h9-10,13,18H,5-8,11-12,14H2,1-4H3,(H,22,23)(H2,19,20,21)/b16-10+,17-13+. The Hall–Kier alpha value is -0.520. The molecule has 7 heteroatoms. The number of hydrogen-bond donors (Lipinski definition) is 3. The lowest BCUT2D eigenvalue weighted by Gasteiger charge is -2.13. The van der Waals surface area contributed by atoms with E-state index in [4.69, 9.17) is 14.3 Å². The van der Waals surface area contributed by atoms with Crippen LogP contribution in [0.5, 0.6) is 0 Å². The molecule has 0 aromatic heterocycles. The van der Waals surface area contributed by atoms with Gasteiger partial charge in [-0.05, 0) is 72.6 Å². The molecule has 2 unspecified atom stereocenters. The van der Waals surface area contributed by atoms with Gasteiger partial charge >= 0.3 is 7.60 Å². The largest absolute Gasteiger partial charge is 0.343 e. The molecule has 3 N–H and O–H groups in total. The van der Waals surface area contributed by atoms with Gasteiger partial charge in [0.1, 0.15) is 0 Å². The highest BCUT2D eigenvalue weighted by Gasteiger charge is 2.33. The third-order valence-electron chi connectivity index (χ3n) is 3.88. The van der Waals surface area contributed by atoms with Crippen molar-refractivity contribution < 1.29 is 23.1 Å². The van der Waals surface area contributed by atoms with Gasteiger partial charge in [0.2, 0.25) is 0 Å². The molecule has 0 saturated heterocycles. The van der Waals surface area contributed by atoms with Crippen LogP contribution < -0.4 is 0 Å². The van der Waals surface area contributed by atoms with Crippen molar-refractivity contribution in [3.05, 3.63) is 34.9 Å². The zero-order chi connectivity index (χ0) is 19.5. The second-order valence-corrected chi connectivity index (χ2v) is 9.98. The second kappa shape index (κ2) is 12.8. The maximum atomic E-state index is 11.1. The Morgan fingerprint density at radius 1 is 0.960 bits per heavy atom. The summed E-state index contributed by atoms with van der Waals surface area (Å²) in [5, 5.41) is 0. The van der Waals surface area contributed by atoms with E-state index in [2.05, 4.69) is 32.9 Å². The lowest BCUT2D eigenvalue weighted by Crippen LogP contribution is -2.14. The predicted octanol–water partition coefficient (Wildman–Crippen LogP) is 5.30. The summed E-state index contributed by atoms with van der Waals surface area (Å²) in [5.41, 5.74) is 3.96. The van der Waals surface area contributed by atoms with Crippen LogP contribution in [0.15, 0.2) is 34.9 Å². The molecule has 146 valence electrons. The van der Waals surface area contributed by atoms with E-state index in [1.54, 1.807) is 0 Å². The molecule has 25 heavy (non-hydrogen) atoms. The summed E-state index contributed by atoms with van der Waals surface area (Å²) in [6, 6.07) is 0. The van der Waals surface area contributed by atoms with E-state index in [9.17, 15) is 8.77 Å². The molecule has 0 aromatic carbocycles. The van der Waals surface area contributed by atoms with Crippen LogP contribution in [0.1, 0.15) is 72.6 Å². The van der Waals surface area contributed by atoms with Crippen molar-refractivity contribution in [3.63, 3.8) is 0 Å². The third-order valence-corrected chi connectivity index (χ3v) is 6.95. The number of allylic oxidation sites excluding steroid dienone is 6. The van der Waals surface area contributed by atoms with E-state index in [0.717, 1.165) is 25.7 Å². The van der Waals surface area contributed by atoms with Gasteiger partial charge in [0.25, 0.3) is 0 Å². The van der Waals surface area contributed by atoms with Gasteiger partial charge < -0.3 is 14.3 Å². The summed E-state index contributed by atoms with van der Waals surface area (Å²) in [7, 11) is -4.52. The zero-order valence-corrected chi connectivity index (χ0v) is 17.5. The van der Waals surface area contributed by atoms with Crippen LogP contribution in [0.4, 0.5) is 0 Å². The molecule has 0 amide bonds. The minimum atomic E-state index is -4.52. The molecule has 0 radical (unpaired) electrons. The van der Waals surface area contributed by atoms with Crippen molar-refractivity contribution in [3.8, 4) is 0 Å². The summed E-state index contributed by atoms with van der Waals surface area (Å²) in [4.78, 5) is 16.6. The molecule has 5 nitrogen and oxygen atoms in total. The van der Waals surface area contributed by atoms with Crippen molar-refractivity contribution in [1.29, 1.82) is 0 Å². The Bertz CT molecular complexity index is 556. The SMILES string of the molecule is CC(C)=CCC/C(C)=C/CC/C(C)=C/CCCC(S(=O)O)P(=O)(O)O. The Kier molecular flexibility index (Phi) is 12.5. The van der Waals surface area contributed by atoms with Gasteiger partial charge in [-0.3, -0.25) is 4.57 Å². The summed E-state index contributed by atoms with van der Waals surface area (Å²) in [6.45, 7) is 8.40. The third kappa shape index (κ3) is 13.4. The van der Waals surface area contributed by atoms with Crippen molar-refractivity contribution in [2.24, 2.45) is 0 Å². The first-order valence-corrected chi connectivity index (χ1v) is 11.5. The molecule has 2 atom stereocenters. The Morgan fingerprint density at radius 2 is 1.44 bits per heavy atom. The van der Waals surface area contributed by atoms with Gasteiger partial charge in [0.15, 0.2) is 16.1 Å². The molecule has 0 aliphatic rings. The highest BCUT2D eigenvalue weighted by atomic mass is 32.2. The van der Waals surface area contributed by atoms with Crippen molar-refractivity contribution >= 4 is 18.7 Å². The van der Waals surface area contributed by atoms with E-state index in [0.29, 0.717) is 12.8 Å². The maximum absolute atomic E-state index is 11.1. The second-order valence-electron chi connectivity index (χ2n) is 6.71. The molecule has 0 spiro atoms. The molecule has 0 rings (SSSR count). The summed E-state index contributed by atoms with van der Waals surface area (Å²) >= 11 is -2.50. The number of unbranched alkanes of at least 4 members (excludes halogenated alkanes) is 1. The fourth-order valence-electron chi connectivity index (χ4n) is 2.37. The van der Waals surface area contributed by atoms with Crippen LogP contribution in [0.3, 0.4) is 0 Å². The van der Waals surface area contributed by atoms with Crippen molar-refractivity contribution in [2.75, 3.05) is 0 Å². The van der Waals surface area contributed by atoms with Gasteiger partial charge in [-0.25, -0.2) is 4.21 Å². The van der Waals surface area contributed by atoms with Crippen LogP contribution in [0.25, 0.3) is 0 Å². The maximum Gasteiger partial charge on any atom is 0.343 e. The fraction of sp³-hybridized carbons (Fsp3) is 0.667. The molecular weight excluding hydrogens is 359 g/mol. The van der Waals surface area contributed by atoms with Crippen LogP contribution in [0.2, 0.25) is 0 Å². The fourth-order valence-corrected chi connectivity index (χ4v) is 4.19. The highest BCUT2D eigenvalue weighted by Crippen LogP contribution is 2.45. The first-order chi connectivity index (χ1) is 11.5. The summed E-state index contributed by atoms with van der Waals surface area (Å²) < 4.78 is 31.1. The lowest BCUT2D eigenvalue weighted by molar-refractivity contribution is 0.364. The quantitative estimate of drug-likeness (QED) is 0.181. The average molecular weight is 392 g/mol. The molecule has 0 aliphatic carbocycles. The average Bonchev–Trinajstić information content (AvgIpc) is 2.44. The normalized spacial score (nSPS) is 15.8. The zero-order valence-electron chi connectivity index (χ0n) is 15.8. The Balaban J connectivity index is 4.16.